The van der Waals surface area contributed by atoms with E-state index in [1.54, 1.807) is 13.0 Å². The molecule has 2 N–H and O–H groups in total. The summed E-state index contributed by atoms with van der Waals surface area (Å²) in [7, 11) is 0. The van der Waals surface area contributed by atoms with Gasteiger partial charge in [-0.1, -0.05) is 18.2 Å². The molecule has 1 atom stereocenters. The number of benzene rings is 1. The summed E-state index contributed by atoms with van der Waals surface area (Å²) in [6.07, 6.45) is 0.771. The zero-order valence-electron chi connectivity index (χ0n) is 13.5. The molecule has 1 unspecified atom stereocenters. The van der Waals surface area contributed by atoms with Crippen molar-refractivity contribution < 1.29 is 14.7 Å². The molecule has 7 nitrogen and oxygen atoms in total. The number of hydrogen-bond donors (Lipinski definition) is 2. The monoisotopic (exact) mass is 328 g/mol. The Kier molecular flexibility index (Phi) is 4.50. The van der Waals surface area contributed by atoms with Gasteiger partial charge in [0, 0.05) is 24.8 Å². The number of nitrogens with zero attached hydrogens (tertiary/aromatic N) is 3. The molecule has 2 heterocycles. The van der Waals surface area contributed by atoms with Gasteiger partial charge in [0.05, 0.1) is 11.6 Å². The number of hydrogen-bond acceptors (Lipinski definition) is 4. The van der Waals surface area contributed by atoms with Gasteiger partial charge in [-0.25, -0.2) is 4.68 Å². The first-order chi connectivity index (χ1) is 11.5. The Balaban J connectivity index is 1.65. The molecular weight excluding hydrogens is 308 g/mol. The number of carbonyl (C=O) groups is 2. The second-order valence-electron chi connectivity index (χ2n) is 5.98. The van der Waals surface area contributed by atoms with E-state index in [1.165, 1.54) is 4.68 Å². The van der Waals surface area contributed by atoms with Gasteiger partial charge >= 0.3 is 5.97 Å². The predicted molar refractivity (Wildman–Crippen MR) is 90.0 cm³/mol. The molecule has 1 aromatic carbocycles. The minimum absolute atomic E-state index is 0.0973. The average molecular weight is 328 g/mol. The van der Waals surface area contributed by atoms with E-state index in [-0.39, 0.29) is 18.4 Å². The number of aliphatic carboxylic acids is 1. The summed E-state index contributed by atoms with van der Waals surface area (Å²) >= 11 is 0. The van der Waals surface area contributed by atoms with Crippen LogP contribution in [0.2, 0.25) is 0 Å². The van der Waals surface area contributed by atoms with Crippen LogP contribution in [0.15, 0.2) is 36.4 Å². The summed E-state index contributed by atoms with van der Waals surface area (Å²) in [5.74, 6) is -0.790. The quantitative estimate of drug-likeness (QED) is 0.873. The molecule has 1 aliphatic rings. The third-order valence-corrected chi connectivity index (χ3v) is 4.12. The van der Waals surface area contributed by atoms with E-state index >= 15 is 0 Å². The van der Waals surface area contributed by atoms with Gasteiger partial charge in [-0.05, 0) is 25.5 Å². The van der Waals surface area contributed by atoms with Crippen LogP contribution in [0.25, 0.3) is 0 Å². The number of aryl methyl sites for hydroxylation is 1. The third kappa shape index (κ3) is 3.56. The number of nitrogens with one attached hydrogen (secondary N) is 1. The zero-order valence-corrected chi connectivity index (χ0v) is 13.5. The van der Waals surface area contributed by atoms with Gasteiger partial charge in [-0.15, -0.1) is 0 Å². The molecule has 1 amide bonds. The predicted octanol–water partition coefficient (Wildman–Crippen LogP) is 1.74. The molecule has 1 aliphatic heterocycles. The first kappa shape index (κ1) is 16.0. The van der Waals surface area contributed by atoms with Gasteiger partial charge in [0.15, 0.2) is 0 Å². The summed E-state index contributed by atoms with van der Waals surface area (Å²) in [5, 5.41) is 15.9. The van der Waals surface area contributed by atoms with Crippen LogP contribution in [0, 0.1) is 12.8 Å². The zero-order chi connectivity index (χ0) is 17.1. The van der Waals surface area contributed by atoms with Gasteiger partial charge in [-0.2, -0.15) is 5.10 Å². The third-order valence-electron chi connectivity index (χ3n) is 4.12. The minimum atomic E-state index is -0.996. The highest BCUT2D eigenvalue weighted by Crippen LogP contribution is 2.24. The van der Waals surface area contributed by atoms with Crippen molar-refractivity contribution in [1.82, 2.24) is 9.78 Å². The molecule has 2 aromatic rings. The van der Waals surface area contributed by atoms with Crippen molar-refractivity contribution in [3.63, 3.8) is 0 Å². The molecule has 7 heteroatoms. The Morgan fingerprint density at radius 2 is 2.08 bits per heavy atom. The molecule has 3 rings (SSSR count). The van der Waals surface area contributed by atoms with Crippen molar-refractivity contribution in [3.8, 4) is 0 Å². The molecule has 1 fully saturated rings. The van der Waals surface area contributed by atoms with E-state index in [9.17, 15) is 9.59 Å². The van der Waals surface area contributed by atoms with Crippen LogP contribution in [0.4, 0.5) is 11.5 Å². The lowest BCUT2D eigenvalue weighted by Gasteiger charge is -2.18. The molecule has 0 spiro atoms. The molecule has 0 radical (unpaired) electrons. The number of carboxylic acids is 1. The molecule has 24 heavy (non-hydrogen) atoms. The van der Waals surface area contributed by atoms with Gasteiger partial charge in [0.2, 0.25) is 5.91 Å². The summed E-state index contributed by atoms with van der Waals surface area (Å²) in [4.78, 5) is 25.6. The fraction of sp³-hybridized carbons (Fsp3) is 0.353. The lowest BCUT2D eigenvalue weighted by molar-refractivity contribution is -0.137. The SMILES string of the molecule is Cc1cc(NC(=O)C2CCN(c3ccccc3)C2)n(CC(=O)O)n1. The van der Waals surface area contributed by atoms with Crippen LogP contribution < -0.4 is 10.2 Å². The molecule has 0 aliphatic carbocycles. The molecular formula is C17H20N4O3. The summed E-state index contributed by atoms with van der Waals surface area (Å²) in [5.41, 5.74) is 1.78. The number of rotatable bonds is 5. The summed E-state index contributed by atoms with van der Waals surface area (Å²) in [6.45, 7) is 2.97. The van der Waals surface area contributed by atoms with E-state index in [2.05, 4.69) is 15.3 Å². The first-order valence-corrected chi connectivity index (χ1v) is 7.90. The van der Waals surface area contributed by atoms with Crippen LogP contribution in [-0.2, 0) is 16.1 Å². The van der Waals surface area contributed by atoms with Gasteiger partial charge in [0.1, 0.15) is 12.4 Å². The number of anilines is 2. The molecule has 126 valence electrons. The van der Waals surface area contributed by atoms with Crippen molar-refractivity contribution in [2.75, 3.05) is 23.3 Å². The van der Waals surface area contributed by atoms with E-state index < -0.39 is 5.97 Å². The van der Waals surface area contributed by atoms with Crippen LogP contribution in [0.1, 0.15) is 12.1 Å². The fourth-order valence-electron chi connectivity index (χ4n) is 2.97. The van der Waals surface area contributed by atoms with Crippen molar-refractivity contribution in [2.24, 2.45) is 5.92 Å². The second kappa shape index (κ2) is 6.74. The van der Waals surface area contributed by atoms with Gasteiger partial charge < -0.3 is 15.3 Å². The van der Waals surface area contributed by atoms with E-state index in [0.29, 0.717) is 18.1 Å². The van der Waals surface area contributed by atoms with Crippen molar-refractivity contribution >= 4 is 23.4 Å². The highest BCUT2D eigenvalue weighted by molar-refractivity contribution is 5.92. The average Bonchev–Trinajstić information content (AvgIpc) is 3.15. The first-order valence-electron chi connectivity index (χ1n) is 7.90. The highest BCUT2D eigenvalue weighted by atomic mass is 16.4. The normalized spacial score (nSPS) is 17.0. The smallest absolute Gasteiger partial charge is 0.325 e. The molecule has 0 bridgehead atoms. The minimum Gasteiger partial charge on any atom is -0.480 e. The van der Waals surface area contributed by atoms with Gasteiger partial charge in [0.25, 0.3) is 0 Å². The standard InChI is InChI=1S/C17H20N4O3/c1-12-9-15(21(19-12)11-16(22)23)18-17(24)13-7-8-20(10-13)14-5-3-2-4-6-14/h2-6,9,13H,7-8,10-11H2,1H3,(H,18,24)(H,22,23). The maximum atomic E-state index is 12.5. The van der Waals surface area contributed by atoms with Gasteiger partial charge in [-0.3, -0.25) is 9.59 Å². The fourth-order valence-corrected chi connectivity index (χ4v) is 2.97. The maximum Gasteiger partial charge on any atom is 0.325 e. The number of amides is 1. The Morgan fingerprint density at radius 3 is 2.79 bits per heavy atom. The number of carboxylic acid groups (broad SMARTS) is 1. The lowest BCUT2D eigenvalue weighted by atomic mass is 10.1. The Labute approximate surface area is 139 Å². The number of aromatic nitrogens is 2. The Morgan fingerprint density at radius 1 is 1.33 bits per heavy atom. The topological polar surface area (TPSA) is 87.5 Å². The molecule has 1 aromatic heterocycles. The Hall–Kier alpha value is -2.83. The highest BCUT2D eigenvalue weighted by Gasteiger charge is 2.29. The van der Waals surface area contributed by atoms with Crippen LogP contribution in [0.5, 0.6) is 0 Å². The van der Waals surface area contributed by atoms with E-state index in [4.69, 9.17) is 5.11 Å². The number of para-hydroxylation sites is 1. The maximum absolute atomic E-state index is 12.5. The summed E-state index contributed by atoms with van der Waals surface area (Å²) in [6, 6.07) is 11.7. The van der Waals surface area contributed by atoms with Crippen molar-refractivity contribution in [1.29, 1.82) is 0 Å². The van der Waals surface area contributed by atoms with E-state index in [1.807, 2.05) is 30.3 Å². The number of carbonyl (C=O) groups excluding carboxylic acids is 1. The largest absolute Gasteiger partial charge is 0.480 e. The van der Waals surface area contributed by atoms with E-state index in [0.717, 1.165) is 18.7 Å². The second-order valence-corrected chi connectivity index (χ2v) is 5.98. The van der Waals surface area contributed by atoms with Crippen LogP contribution in [-0.4, -0.2) is 39.9 Å². The molecule has 1 saturated heterocycles. The van der Waals surface area contributed by atoms with Crippen LogP contribution >= 0.6 is 0 Å². The molecule has 0 saturated carbocycles. The Bertz CT molecular complexity index is 742. The van der Waals surface area contributed by atoms with Crippen molar-refractivity contribution in [3.05, 3.63) is 42.1 Å². The lowest BCUT2D eigenvalue weighted by Crippen LogP contribution is -2.28. The van der Waals surface area contributed by atoms with Crippen LogP contribution in [0.3, 0.4) is 0 Å². The summed E-state index contributed by atoms with van der Waals surface area (Å²) < 4.78 is 1.31. The van der Waals surface area contributed by atoms with Crippen molar-refractivity contribution in [2.45, 2.75) is 19.9 Å².